The van der Waals surface area contributed by atoms with E-state index in [4.69, 9.17) is 5.84 Å². The van der Waals surface area contributed by atoms with Gasteiger partial charge < -0.3 is 0 Å². The summed E-state index contributed by atoms with van der Waals surface area (Å²) in [5.74, 6) is 5.90. The lowest BCUT2D eigenvalue weighted by Gasteiger charge is -2.36. The van der Waals surface area contributed by atoms with Crippen LogP contribution in [-0.2, 0) is 5.54 Å². The van der Waals surface area contributed by atoms with E-state index in [2.05, 4.69) is 66.1 Å². The average Bonchev–Trinajstić information content (AvgIpc) is 2.47. The van der Waals surface area contributed by atoms with Crippen LogP contribution in [0.4, 0.5) is 0 Å². The van der Waals surface area contributed by atoms with Crippen LogP contribution >= 0.6 is 0 Å². The minimum atomic E-state index is -0.313. The molecule has 90 valence electrons. The summed E-state index contributed by atoms with van der Waals surface area (Å²) >= 11 is 0. The summed E-state index contributed by atoms with van der Waals surface area (Å²) in [6, 6.07) is 18.8. The largest absolute Gasteiger partial charge is 0.270 e. The van der Waals surface area contributed by atoms with Crippen molar-refractivity contribution in [2.75, 3.05) is 0 Å². The zero-order chi connectivity index (χ0) is 12.4. The Morgan fingerprint density at radius 2 is 1.67 bits per heavy atom. The molecule has 0 saturated heterocycles. The maximum Gasteiger partial charge on any atom is 0.0858 e. The van der Waals surface area contributed by atoms with Gasteiger partial charge in [0.15, 0.2) is 0 Å². The number of hydrazine groups is 1. The Morgan fingerprint density at radius 3 is 2.44 bits per heavy atom. The molecule has 0 saturated carbocycles. The van der Waals surface area contributed by atoms with E-state index in [1.54, 1.807) is 0 Å². The summed E-state index contributed by atoms with van der Waals surface area (Å²) in [4.78, 5) is 0. The van der Waals surface area contributed by atoms with Crippen LogP contribution in [0.25, 0.3) is 6.08 Å². The Labute approximate surface area is 107 Å². The minimum Gasteiger partial charge on any atom is -0.270 e. The number of hydrogen-bond acceptors (Lipinski definition) is 2. The van der Waals surface area contributed by atoms with Crippen molar-refractivity contribution in [3.8, 4) is 0 Å². The fraction of sp³-hybridized carbons (Fsp3) is 0.125. The van der Waals surface area contributed by atoms with Crippen LogP contribution in [0.2, 0.25) is 0 Å². The number of fused-ring (bicyclic) bond motifs is 1. The normalized spacial score (nSPS) is 21.6. The molecular formula is C16H16N2. The third kappa shape index (κ3) is 1.58. The molecule has 2 aromatic carbocycles. The average molecular weight is 236 g/mol. The SMILES string of the molecule is NNC1(c2ccccc2)CC=Cc2ccccc21. The van der Waals surface area contributed by atoms with Crippen molar-refractivity contribution in [3.05, 3.63) is 77.4 Å². The molecule has 0 heterocycles. The molecule has 1 atom stereocenters. The Balaban J connectivity index is 2.22. The maximum atomic E-state index is 5.90. The molecule has 0 aliphatic heterocycles. The molecule has 2 nitrogen and oxygen atoms in total. The van der Waals surface area contributed by atoms with Crippen LogP contribution in [0.5, 0.6) is 0 Å². The molecule has 3 rings (SSSR count). The van der Waals surface area contributed by atoms with E-state index in [0.29, 0.717) is 0 Å². The summed E-state index contributed by atoms with van der Waals surface area (Å²) in [7, 11) is 0. The van der Waals surface area contributed by atoms with Crippen molar-refractivity contribution in [1.82, 2.24) is 5.43 Å². The van der Waals surface area contributed by atoms with Gasteiger partial charge in [-0.2, -0.15) is 0 Å². The van der Waals surface area contributed by atoms with E-state index in [1.807, 2.05) is 6.07 Å². The van der Waals surface area contributed by atoms with Crippen LogP contribution in [0.15, 0.2) is 60.7 Å². The van der Waals surface area contributed by atoms with Gasteiger partial charge in [-0.05, 0) is 23.1 Å². The monoisotopic (exact) mass is 236 g/mol. The molecule has 0 bridgehead atoms. The molecule has 0 radical (unpaired) electrons. The van der Waals surface area contributed by atoms with Gasteiger partial charge in [0.05, 0.1) is 5.54 Å². The zero-order valence-corrected chi connectivity index (χ0v) is 10.1. The van der Waals surface area contributed by atoms with Gasteiger partial charge in [0.1, 0.15) is 0 Å². The van der Waals surface area contributed by atoms with Crippen LogP contribution < -0.4 is 11.3 Å². The van der Waals surface area contributed by atoms with Gasteiger partial charge in [-0.25, -0.2) is 5.43 Å². The highest BCUT2D eigenvalue weighted by molar-refractivity contribution is 5.61. The number of benzene rings is 2. The summed E-state index contributed by atoms with van der Waals surface area (Å²) in [6.07, 6.45) is 5.20. The molecule has 0 fully saturated rings. The van der Waals surface area contributed by atoms with Crippen LogP contribution in [0, 0.1) is 0 Å². The molecule has 0 aromatic heterocycles. The highest BCUT2D eigenvalue weighted by Gasteiger charge is 2.35. The third-order valence-electron chi connectivity index (χ3n) is 3.66. The smallest absolute Gasteiger partial charge is 0.0858 e. The zero-order valence-electron chi connectivity index (χ0n) is 10.1. The Bertz CT molecular complexity index is 575. The molecule has 3 N–H and O–H groups in total. The topological polar surface area (TPSA) is 38.0 Å². The van der Waals surface area contributed by atoms with Gasteiger partial charge in [-0.3, -0.25) is 5.84 Å². The number of hydrogen-bond donors (Lipinski definition) is 2. The van der Waals surface area contributed by atoms with Crippen molar-refractivity contribution >= 4 is 6.08 Å². The van der Waals surface area contributed by atoms with Crippen LogP contribution in [-0.4, -0.2) is 0 Å². The summed E-state index contributed by atoms with van der Waals surface area (Å²) < 4.78 is 0. The number of nitrogens with two attached hydrogens (primary N) is 1. The lowest BCUT2D eigenvalue weighted by molar-refractivity contribution is 0.411. The number of rotatable bonds is 2. The second kappa shape index (κ2) is 4.41. The van der Waals surface area contributed by atoms with Gasteiger partial charge in [0, 0.05) is 0 Å². The van der Waals surface area contributed by atoms with Gasteiger partial charge in [0.2, 0.25) is 0 Å². The minimum absolute atomic E-state index is 0.313. The van der Waals surface area contributed by atoms with Crippen molar-refractivity contribution < 1.29 is 0 Å². The first-order valence-electron chi connectivity index (χ1n) is 6.16. The van der Waals surface area contributed by atoms with Gasteiger partial charge in [0.25, 0.3) is 0 Å². The molecular weight excluding hydrogens is 220 g/mol. The van der Waals surface area contributed by atoms with Crippen LogP contribution in [0.3, 0.4) is 0 Å². The van der Waals surface area contributed by atoms with E-state index in [-0.39, 0.29) is 5.54 Å². The van der Waals surface area contributed by atoms with E-state index in [0.717, 1.165) is 6.42 Å². The fourth-order valence-electron chi connectivity index (χ4n) is 2.72. The van der Waals surface area contributed by atoms with Gasteiger partial charge in [-0.1, -0.05) is 66.7 Å². The van der Waals surface area contributed by atoms with Crippen molar-refractivity contribution in [3.63, 3.8) is 0 Å². The Morgan fingerprint density at radius 1 is 0.944 bits per heavy atom. The fourth-order valence-corrected chi connectivity index (χ4v) is 2.72. The van der Waals surface area contributed by atoms with Gasteiger partial charge in [-0.15, -0.1) is 0 Å². The van der Waals surface area contributed by atoms with Crippen molar-refractivity contribution in [2.24, 2.45) is 5.84 Å². The van der Waals surface area contributed by atoms with Crippen LogP contribution in [0.1, 0.15) is 23.1 Å². The molecule has 2 aromatic rings. The van der Waals surface area contributed by atoms with Gasteiger partial charge >= 0.3 is 0 Å². The van der Waals surface area contributed by atoms with Crippen molar-refractivity contribution in [2.45, 2.75) is 12.0 Å². The first-order chi connectivity index (χ1) is 8.87. The van der Waals surface area contributed by atoms with Crippen molar-refractivity contribution in [1.29, 1.82) is 0 Å². The lowest BCUT2D eigenvalue weighted by atomic mass is 9.76. The lowest BCUT2D eigenvalue weighted by Crippen LogP contribution is -2.48. The Hall–Kier alpha value is -1.90. The summed E-state index contributed by atoms with van der Waals surface area (Å²) in [6.45, 7) is 0. The molecule has 2 heteroatoms. The predicted octanol–water partition coefficient (Wildman–Crippen LogP) is 2.81. The molecule has 0 amide bonds. The number of nitrogens with one attached hydrogen (secondary N) is 1. The molecule has 0 spiro atoms. The molecule has 1 aliphatic rings. The predicted molar refractivity (Wildman–Crippen MR) is 74.6 cm³/mol. The Kier molecular flexibility index (Phi) is 2.74. The first kappa shape index (κ1) is 11.2. The standard InChI is InChI=1S/C16H16N2/c17-18-16(14-9-2-1-3-10-14)12-6-8-13-7-4-5-11-15(13)16/h1-11,18H,12,17H2. The summed E-state index contributed by atoms with van der Waals surface area (Å²) in [5.41, 5.74) is 6.39. The van der Waals surface area contributed by atoms with E-state index in [1.165, 1.54) is 16.7 Å². The maximum absolute atomic E-state index is 5.90. The highest BCUT2D eigenvalue weighted by atomic mass is 15.3. The third-order valence-corrected chi connectivity index (χ3v) is 3.66. The molecule has 18 heavy (non-hydrogen) atoms. The molecule has 1 unspecified atom stereocenters. The highest BCUT2D eigenvalue weighted by Crippen LogP contribution is 2.38. The van der Waals surface area contributed by atoms with E-state index >= 15 is 0 Å². The second-order valence-corrected chi connectivity index (χ2v) is 4.61. The molecule has 1 aliphatic carbocycles. The summed E-state index contributed by atoms with van der Waals surface area (Å²) in [5, 5.41) is 0. The van der Waals surface area contributed by atoms with E-state index < -0.39 is 0 Å². The first-order valence-corrected chi connectivity index (χ1v) is 6.16. The quantitative estimate of drug-likeness (QED) is 0.621. The van der Waals surface area contributed by atoms with E-state index in [9.17, 15) is 0 Å². The second-order valence-electron chi connectivity index (χ2n) is 4.61.